The first kappa shape index (κ1) is 14.9. The molecule has 0 radical (unpaired) electrons. The molecule has 0 saturated carbocycles. The number of carbonyl (C=O) groups excluding carboxylic acids is 2. The van der Waals surface area contributed by atoms with Crippen LogP contribution in [-0.2, 0) is 9.53 Å². The summed E-state index contributed by atoms with van der Waals surface area (Å²) in [5.74, 6) is -7.71. The smallest absolute Gasteiger partial charge is 0.383 e. The number of rotatable bonds is 4. The van der Waals surface area contributed by atoms with Crippen molar-refractivity contribution in [1.82, 2.24) is 0 Å². The van der Waals surface area contributed by atoms with Gasteiger partial charge in [-0.15, -0.1) is 0 Å². The molecule has 1 N–H and O–H groups in total. The summed E-state index contributed by atoms with van der Waals surface area (Å²) < 4.78 is 53.7. The SMILES string of the molecule is COC(=O)c1cccc(NC(=O)C(F)(F)C(F)F)c1. The van der Waals surface area contributed by atoms with Crippen LogP contribution in [-0.4, -0.2) is 31.3 Å². The van der Waals surface area contributed by atoms with Gasteiger partial charge in [-0.2, -0.15) is 8.78 Å². The van der Waals surface area contributed by atoms with E-state index in [0.29, 0.717) is 0 Å². The molecule has 4 nitrogen and oxygen atoms in total. The Morgan fingerprint density at radius 1 is 1.32 bits per heavy atom. The summed E-state index contributed by atoms with van der Waals surface area (Å²) in [6.45, 7) is 0. The second kappa shape index (κ2) is 5.68. The molecule has 1 rings (SSSR count). The molecule has 1 aromatic carbocycles. The lowest BCUT2D eigenvalue weighted by atomic mass is 10.2. The molecule has 104 valence electrons. The first-order valence-electron chi connectivity index (χ1n) is 4.95. The van der Waals surface area contributed by atoms with E-state index in [9.17, 15) is 27.2 Å². The molecular weight excluding hydrogens is 270 g/mol. The fourth-order valence-corrected chi connectivity index (χ4v) is 1.16. The van der Waals surface area contributed by atoms with E-state index in [1.807, 2.05) is 0 Å². The van der Waals surface area contributed by atoms with Crippen LogP contribution in [0.5, 0.6) is 0 Å². The lowest BCUT2D eigenvalue weighted by Crippen LogP contribution is -2.41. The third-order valence-corrected chi connectivity index (χ3v) is 2.12. The molecule has 1 amide bonds. The molecule has 0 aliphatic carbocycles. The molecule has 19 heavy (non-hydrogen) atoms. The number of nitrogens with one attached hydrogen (secondary N) is 1. The van der Waals surface area contributed by atoms with Crippen LogP contribution < -0.4 is 5.32 Å². The van der Waals surface area contributed by atoms with Gasteiger partial charge < -0.3 is 10.1 Å². The monoisotopic (exact) mass is 279 g/mol. The third-order valence-electron chi connectivity index (χ3n) is 2.12. The molecule has 0 spiro atoms. The van der Waals surface area contributed by atoms with Crippen LogP contribution >= 0.6 is 0 Å². The van der Waals surface area contributed by atoms with Crippen molar-refractivity contribution in [3.05, 3.63) is 29.8 Å². The van der Waals surface area contributed by atoms with Gasteiger partial charge in [0.15, 0.2) is 0 Å². The zero-order valence-corrected chi connectivity index (χ0v) is 9.62. The number of esters is 1. The highest BCUT2D eigenvalue weighted by molar-refractivity contribution is 5.98. The molecule has 0 aliphatic rings. The van der Waals surface area contributed by atoms with Gasteiger partial charge in [0.1, 0.15) is 0 Å². The molecule has 0 unspecified atom stereocenters. The Kier molecular flexibility index (Phi) is 4.47. The van der Waals surface area contributed by atoms with Gasteiger partial charge in [0.25, 0.3) is 0 Å². The van der Waals surface area contributed by atoms with Crippen molar-refractivity contribution < 1.29 is 31.9 Å². The third kappa shape index (κ3) is 3.43. The zero-order chi connectivity index (χ0) is 14.6. The number of anilines is 1. The van der Waals surface area contributed by atoms with Gasteiger partial charge in [0.05, 0.1) is 12.7 Å². The van der Waals surface area contributed by atoms with E-state index < -0.39 is 24.2 Å². The maximum atomic E-state index is 12.7. The highest BCUT2D eigenvalue weighted by Gasteiger charge is 2.48. The van der Waals surface area contributed by atoms with Crippen LogP contribution in [0, 0.1) is 0 Å². The first-order chi connectivity index (χ1) is 8.78. The summed E-state index contributed by atoms with van der Waals surface area (Å²) in [6.07, 6.45) is -4.11. The first-order valence-corrected chi connectivity index (χ1v) is 4.95. The minimum Gasteiger partial charge on any atom is -0.465 e. The maximum absolute atomic E-state index is 12.7. The van der Waals surface area contributed by atoms with Crippen LogP contribution in [0.25, 0.3) is 0 Å². The Morgan fingerprint density at radius 3 is 2.47 bits per heavy atom. The van der Waals surface area contributed by atoms with E-state index in [0.717, 1.165) is 13.2 Å². The van der Waals surface area contributed by atoms with Gasteiger partial charge in [-0.25, -0.2) is 13.6 Å². The highest BCUT2D eigenvalue weighted by Crippen LogP contribution is 2.25. The number of benzene rings is 1. The van der Waals surface area contributed by atoms with Crippen LogP contribution in [0.2, 0.25) is 0 Å². The number of hydrogen-bond donors (Lipinski definition) is 1. The van der Waals surface area contributed by atoms with E-state index in [2.05, 4.69) is 4.74 Å². The molecule has 1 aromatic rings. The minimum absolute atomic E-state index is 0.0133. The average Bonchev–Trinajstić information content (AvgIpc) is 2.37. The van der Waals surface area contributed by atoms with Gasteiger partial charge in [0, 0.05) is 5.69 Å². The summed E-state index contributed by atoms with van der Waals surface area (Å²) in [7, 11) is 1.11. The van der Waals surface area contributed by atoms with Crippen molar-refractivity contribution in [2.45, 2.75) is 12.3 Å². The fourth-order valence-electron chi connectivity index (χ4n) is 1.16. The Labute approximate surface area is 105 Å². The van der Waals surface area contributed by atoms with Gasteiger partial charge in [-0.1, -0.05) is 6.07 Å². The van der Waals surface area contributed by atoms with Crippen LogP contribution in [0.4, 0.5) is 23.2 Å². The zero-order valence-electron chi connectivity index (χ0n) is 9.62. The van der Waals surface area contributed by atoms with Gasteiger partial charge in [0.2, 0.25) is 0 Å². The van der Waals surface area contributed by atoms with Crippen LogP contribution in [0.3, 0.4) is 0 Å². The molecule has 0 aromatic heterocycles. The van der Waals surface area contributed by atoms with Crippen molar-refractivity contribution in [2.75, 3.05) is 12.4 Å². The van der Waals surface area contributed by atoms with E-state index >= 15 is 0 Å². The van der Waals surface area contributed by atoms with E-state index in [1.165, 1.54) is 18.2 Å². The standard InChI is InChI=1S/C11H9F4NO3/c1-19-8(17)6-3-2-4-7(5-6)16-10(18)11(14,15)9(12)13/h2-5,9H,1H3,(H,16,18). The molecule has 0 atom stereocenters. The van der Waals surface area contributed by atoms with Crippen molar-refractivity contribution in [3.8, 4) is 0 Å². The molecule has 0 aliphatic heterocycles. The lowest BCUT2D eigenvalue weighted by molar-refractivity contribution is -0.163. The van der Waals surface area contributed by atoms with Crippen LogP contribution in [0.1, 0.15) is 10.4 Å². The Hall–Kier alpha value is -2.12. The quantitative estimate of drug-likeness (QED) is 0.679. The normalized spacial score (nSPS) is 11.3. The van der Waals surface area contributed by atoms with Gasteiger partial charge in [-0.3, -0.25) is 4.79 Å². The molecule has 8 heteroatoms. The molecule has 0 fully saturated rings. The van der Waals surface area contributed by atoms with Crippen molar-refractivity contribution in [2.24, 2.45) is 0 Å². The van der Waals surface area contributed by atoms with E-state index in [4.69, 9.17) is 0 Å². The maximum Gasteiger partial charge on any atom is 0.383 e. The Bertz CT molecular complexity index is 491. The summed E-state index contributed by atoms with van der Waals surface area (Å²) in [6, 6.07) is 4.80. The average molecular weight is 279 g/mol. The number of amides is 1. The summed E-state index contributed by atoms with van der Waals surface area (Å²) in [5, 5.41) is 1.61. The number of ether oxygens (including phenoxy) is 1. The topological polar surface area (TPSA) is 55.4 Å². The Morgan fingerprint density at radius 2 is 1.95 bits per heavy atom. The number of methoxy groups -OCH3 is 1. The van der Waals surface area contributed by atoms with E-state index in [-0.39, 0.29) is 11.3 Å². The summed E-state index contributed by atoms with van der Waals surface area (Å²) in [5.41, 5.74) is -0.228. The Balaban J connectivity index is 2.89. The molecule has 0 saturated heterocycles. The number of halogens is 4. The summed E-state index contributed by atoms with van der Waals surface area (Å²) >= 11 is 0. The summed E-state index contributed by atoms with van der Waals surface area (Å²) in [4.78, 5) is 22.1. The number of carbonyl (C=O) groups is 2. The van der Waals surface area contributed by atoms with Gasteiger partial charge in [-0.05, 0) is 18.2 Å². The lowest BCUT2D eigenvalue weighted by Gasteiger charge is -2.15. The van der Waals surface area contributed by atoms with Gasteiger partial charge >= 0.3 is 24.2 Å². The predicted molar refractivity (Wildman–Crippen MR) is 57.4 cm³/mol. The van der Waals surface area contributed by atoms with Crippen molar-refractivity contribution in [3.63, 3.8) is 0 Å². The van der Waals surface area contributed by atoms with E-state index in [1.54, 1.807) is 5.32 Å². The largest absolute Gasteiger partial charge is 0.465 e. The number of hydrogen-bond acceptors (Lipinski definition) is 3. The molecule has 0 heterocycles. The minimum atomic E-state index is -4.80. The molecule has 0 bridgehead atoms. The predicted octanol–water partition coefficient (Wildman–Crippen LogP) is 2.31. The molecular formula is C11H9F4NO3. The second-order valence-corrected chi connectivity index (χ2v) is 3.45. The van der Waals surface area contributed by atoms with Crippen LogP contribution in [0.15, 0.2) is 24.3 Å². The van der Waals surface area contributed by atoms with Crippen molar-refractivity contribution >= 4 is 17.6 Å². The second-order valence-electron chi connectivity index (χ2n) is 3.45. The highest BCUT2D eigenvalue weighted by atomic mass is 19.3. The fraction of sp³-hybridized carbons (Fsp3) is 0.273. The number of alkyl halides is 4. The van der Waals surface area contributed by atoms with Crippen molar-refractivity contribution in [1.29, 1.82) is 0 Å².